The van der Waals surface area contributed by atoms with Gasteiger partial charge in [0, 0.05) is 25.0 Å². The minimum Gasteiger partial charge on any atom is -0.387 e. The number of pyridine rings is 1. The van der Waals surface area contributed by atoms with Gasteiger partial charge in [-0.1, -0.05) is 18.2 Å². The second-order valence-corrected chi connectivity index (χ2v) is 7.81. The number of carbonyl (C=O) groups is 1. The van der Waals surface area contributed by atoms with Crippen LogP contribution in [0.15, 0.2) is 48.9 Å². The van der Waals surface area contributed by atoms with Crippen molar-refractivity contribution in [3.8, 4) is 5.69 Å². The lowest BCUT2D eigenvalue weighted by Crippen LogP contribution is -2.54. The van der Waals surface area contributed by atoms with E-state index in [-0.39, 0.29) is 5.91 Å². The van der Waals surface area contributed by atoms with Gasteiger partial charge in [0.15, 0.2) is 5.65 Å². The summed E-state index contributed by atoms with van der Waals surface area (Å²) in [5, 5.41) is 10.8. The van der Waals surface area contributed by atoms with Crippen LogP contribution in [0.5, 0.6) is 0 Å². The molecule has 1 atom stereocenters. The summed E-state index contributed by atoms with van der Waals surface area (Å²) in [6.45, 7) is 1.51. The van der Waals surface area contributed by atoms with Crippen LogP contribution >= 0.6 is 0 Å². The number of nitrogens with zero attached hydrogens (tertiary/aromatic N) is 5. The maximum Gasteiger partial charge on any atom is 0.255 e. The summed E-state index contributed by atoms with van der Waals surface area (Å²) in [4.78, 5) is 25.6. The Balaban J connectivity index is 1.58. The number of hydrogen-bond acceptors (Lipinski definition) is 5. The van der Waals surface area contributed by atoms with Crippen LogP contribution in [0.3, 0.4) is 0 Å². The zero-order valence-corrected chi connectivity index (χ0v) is 16.2. The molecule has 0 spiro atoms. The summed E-state index contributed by atoms with van der Waals surface area (Å²) < 4.78 is 1.90. The summed E-state index contributed by atoms with van der Waals surface area (Å²) in [5.41, 5.74) is 1.99. The zero-order chi connectivity index (χ0) is 19.7. The SMILES string of the molecule is CN(C)CC1(O)CCCN(C(=O)c2cnc3c(c2)ncn3-c2ccccc2)C1. The molecule has 1 N–H and O–H groups in total. The Morgan fingerprint density at radius 1 is 1.25 bits per heavy atom. The van der Waals surface area contributed by atoms with Crippen LogP contribution in [0.4, 0.5) is 0 Å². The van der Waals surface area contributed by atoms with E-state index in [0.29, 0.717) is 42.8 Å². The van der Waals surface area contributed by atoms with E-state index in [1.807, 2.05) is 53.9 Å². The molecule has 0 aliphatic carbocycles. The highest BCUT2D eigenvalue weighted by molar-refractivity contribution is 5.96. The molecule has 0 radical (unpaired) electrons. The van der Waals surface area contributed by atoms with E-state index in [4.69, 9.17) is 0 Å². The van der Waals surface area contributed by atoms with Gasteiger partial charge in [0.2, 0.25) is 0 Å². The first-order valence-corrected chi connectivity index (χ1v) is 9.50. The van der Waals surface area contributed by atoms with Crippen molar-refractivity contribution in [2.75, 3.05) is 33.7 Å². The van der Waals surface area contributed by atoms with Crippen LogP contribution in [0.2, 0.25) is 0 Å². The van der Waals surface area contributed by atoms with E-state index < -0.39 is 5.60 Å². The van der Waals surface area contributed by atoms with Gasteiger partial charge in [-0.15, -0.1) is 0 Å². The number of rotatable bonds is 4. The van der Waals surface area contributed by atoms with E-state index >= 15 is 0 Å². The third kappa shape index (κ3) is 3.63. The second-order valence-electron chi connectivity index (χ2n) is 7.81. The standard InChI is InChI=1S/C21H25N5O2/c1-24(2)13-21(28)9-6-10-25(14-21)20(27)16-11-18-19(22-12-16)26(15-23-18)17-7-4-3-5-8-17/h3-5,7-8,11-12,15,28H,6,9-10,13-14H2,1-2H3. The molecule has 4 rings (SSSR count). The molecule has 1 amide bonds. The molecule has 0 saturated carbocycles. The number of hydrogen-bond donors (Lipinski definition) is 1. The fourth-order valence-corrected chi connectivity index (χ4v) is 3.98. The molecule has 1 aliphatic heterocycles. The molecule has 1 saturated heterocycles. The lowest BCUT2D eigenvalue weighted by atomic mass is 9.92. The minimum atomic E-state index is -0.871. The van der Waals surface area contributed by atoms with Gasteiger partial charge < -0.3 is 14.9 Å². The number of aromatic nitrogens is 3. The molecule has 3 heterocycles. The molecule has 2 aromatic heterocycles. The first kappa shape index (κ1) is 18.6. The quantitative estimate of drug-likeness (QED) is 0.750. The van der Waals surface area contributed by atoms with E-state index in [9.17, 15) is 9.90 Å². The Labute approximate surface area is 164 Å². The van der Waals surface area contributed by atoms with Crippen molar-refractivity contribution in [3.63, 3.8) is 0 Å². The summed E-state index contributed by atoms with van der Waals surface area (Å²) in [7, 11) is 3.86. The molecule has 146 valence electrons. The fourth-order valence-electron chi connectivity index (χ4n) is 3.98. The number of fused-ring (bicyclic) bond motifs is 1. The highest BCUT2D eigenvalue weighted by Gasteiger charge is 2.36. The molecule has 1 aliphatic rings. The van der Waals surface area contributed by atoms with Crippen LogP contribution in [-0.2, 0) is 0 Å². The normalized spacial score (nSPS) is 20.1. The molecule has 28 heavy (non-hydrogen) atoms. The van der Waals surface area contributed by atoms with E-state index in [1.165, 1.54) is 0 Å². The largest absolute Gasteiger partial charge is 0.387 e. The van der Waals surface area contributed by atoms with Crippen molar-refractivity contribution in [2.45, 2.75) is 18.4 Å². The number of amides is 1. The fraction of sp³-hybridized carbons (Fsp3) is 0.381. The molecule has 1 unspecified atom stereocenters. The summed E-state index contributed by atoms with van der Waals surface area (Å²) in [6, 6.07) is 11.6. The molecule has 3 aromatic rings. The van der Waals surface area contributed by atoms with Crippen LogP contribution in [0.1, 0.15) is 23.2 Å². The number of β-amino-alcohol motifs (C(OH)–C–C–N with tert-alkyl or cyclic N) is 1. The van der Waals surface area contributed by atoms with Crippen molar-refractivity contribution in [2.24, 2.45) is 0 Å². The zero-order valence-electron chi connectivity index (χ0n) is 16.2. The Kier molecular flexibility index (Phi) is 4.87. The Morgan fingerprint density at radius 3 is 2.79 bits per heavy atom. The lowest BCUT2D eigenvalue weighted by Gasteiger charge is -2.40. The maximum absolute atomic E-state index is 13.0. The number of aliphatic hydroxyl groups is 1. The predicted molar refractivity (Wildman–Crippen MR) is 108 cm³/mol. The van der Waals surface area contributed by atoms with Gasteiger partial charge in [-0.3, -0.25) is 9.36 Å². The monoisotopic (exact) mass is 379 g/mol. The topological polar surface area (TPSA) is 74.5 Å². The molecule has 7 nitrogen and oxygen atoms in total. The van der Waals surface area contributed by atoms with Crippen molar-refractivity contribution >= 4 is 17.1 Å². The van der Waals surface area contributed by atoms with E-state index in [2.05, 4.69) is 9.97 Å². The van der Waals surface area contributed by atoms with E-state index in [0.717, 1.165) is 12.1 Å². The van der Waals surface area contributed by atoms with Crippen LogP contribution < -0.4 is 0 Å². The average molecular weight is 379 g/mol. The van der Waals surface area contributed by atoms with Gasteiger partial charge in [-0.2, -0.15) is 0 Å². The first-order valence-electron chi connectivity index (χ1n) is 9.50. The van der Waals surface area contributed by atoms with E-state index in [1.54, 1.807) is 23.5 Å². The Bertz CT molecular complexity index is 985. The summed E-state index contributed by atoms with van der Waals surface area (Å²) in [5.74, 6) is -0.111. The van der Waals surface area contributed by atoms with Crippen molar-refractivity contribution in [3.05, 3.63) is 54.5 Å². The van der Waals surface area contributed by atoms with Crippen LogP contribution in [0.25, 0.3) is 16.9 Å². The third-order valence-electron chi connectivity index (χ3n) is 5.12. The molecule has 0 bridgehead atoms. The number of para-hydroxylation sites is 1. The van der Waals surface area contributed by atoms with Crippen molar-refractivity contribution in [1.29, 1.82) is 0 Å². The summed E-state index contributed by atoms with van der Waals surface area (Å²) >= 11 is 0. The van der Waals surface area contributed by atoms with Gasteiger partial charge in [-0.25, -0.2) is 9.97 Å². The number of likely N-dealkylation sites (N-methyl/N-ethyl adjacent to an activating group) is 1. The number of likely N-dealkylation sites (tertiary alicyclic amines) is 1. The Morgan fingerprint density at radius 2 is 2.04 bits per heavy atom. The Hall–Kier alpha value is -2.77. The molecule has 7 heteroatoms. The van der Waals surface area contributed by atoms with Gasteiger partial charge in [0.25, 0.3) is 5.91 Å². The molecule has 1 fully saturated rings. The molecule has 1 aromatic carbocycles. The number of benzene rings is 1. The number of imidazole rings is 1. The molecular formula is C21H25N5O2. The second kappa shape index (κ2) is 7.33. The van der Waals surface area contributed by atoms with Gasteiger partial charge in [0.1, 0.15) is 11.8 Å². The van der Waals surface area contributed by atoms with Gasteiger partial charge in [-0.05, 0) is 45.1 Å². The predicted octanol–water partition coefficient (Wildman–Crippen LogP) is 1.95. The minimum absolute atomic E-state index is 0.111. The average Bonchev–Trinajstić information content (AvgIpc) is 3.10. The van der Waals surface area contributed by atoms with Gasteiger partial charge in [0.05, 0.1) is 17.7 Å². The van der Waals surface area contributed by atoms with Crippen LogP contribution in [-0.4, -0.2) is 74.7 Å². The highest BCUT2D eigenvalue weighted by Crippen LogP contribution is 2.24. The number of carbonyl (C=O) groups excluding carboxylic acids is 1. The molecular weight excluding hydrogens is 354 g/mol. The smallest absolute Gasteiger partial charge is 0.255 e. The first-order chi connectivity index (χ1) is 13.5. The third-order valence-corrected chi connectivity index (χ3v) is 5.12. The van der Waals surface area contributed by atoms with Crippen LogP contribution in [0, 0.1) is 0 Å². The summed E-state index contributed by atoms with van der Waals surface area (Å²) in [6.07, 6.45) is 4.81. The van der Waals surface area contributed by atoms with Crippen molar-refractivity contribution in [1.82, 2.24) is 24.3 Å². The lowest BCUT2D eigenvalue weighted by molar-refractivity contribution is -0.0391. The van der Waals surface area contributed by atoms with Crippen molar-refractivity contribution < 1.29 is 9.90 Å². The highest BCUT2D eigenvalue weighted by atomic mass is 16.3. The maximum atomic E-state index is 13.0. The number of piperidine rings is 1. The van der Waals surface area contributed by atoms with Gasteiger partial charge >= 0.3 is 0 Å².